The van der Waals surface area contributed by atoms with Gasteiger partial charge >= 0.3 is 0 Å². The number of carbonyl (C=O) groups is 2. The van der Waals surface area contributed by atoms with E-state index in [0.29, 0.717) is 17.6 Å². The minimum atomic E-state index is 0.0629. The molecule has 0 spiro atoms. The van der Waals surface area contributed by atoms with Gasteiger partial charge in [-0.2, -0.15) is 0 Å². The fraction of sp³-hybridized carbons (Fsp3) is 0.609. The van der Waals surface area contributed by atoms with Crippen LogP contribution < -0.4 is 0 Å². The van der Waals surface area contributed by atoms with Crippen LogP contribution in [0.2, 0.25) is 0 Å². The first-order valence-electron chi connectivity index (χ1n) is 11.4. The molecule has 3 aliphatic rings. The van der Waals surface area contributed by atoms with Crippen molar-refractivity contribution < 1.29 is 9.59 Å². The first-order chi connectivity index (χ1) is 14.7. The average molecular weight is 410 g/mol. The SMILES string of the molecule is O=C(c1cnc2ccccn12)N1CCC(N2CCC[C@H](C(=O)N3CCCC3)C2)CC1. The molecular formula is C23H31N5O2. The number of rotatable bonds is 3. The predicted octanol–water partition coefficient (Wildman–Crippen LogP) is 2.27. The van der Waals surface area contributed by atoms with Gasteiger partial charge in [-0.25, -0.2) is 4.98 Å². The molecule has 7 nitrogen and oxygen atoms in total. The molecule has 3 saturated heterocycles. The van der Waals surface area contributed by atoms with E-state index in [4.69, 9.17) is 0 Å². The molecule has 3 fully saturated rings. The van der Waals surface area contributed by atoms with Crippen LogP contribution in [-0.4, -0.2) is 81.2 Å². The van der Waals surface area contributed by atoms with Gasteiger partial charge in [0.2, 0.25) is 5.91 Å². The maximum Gasteiger partial charge on any atom is 0.272 e. The van der Waals surface area contributed by atoms with Gasteiger partial charge in [-0.15, -0.1) is 0 Å². The number of carbonyl (C=O) groups excluding carboxylic acids is 2. The zero-order chi connectivity index (χ0) is 20.5. The molecule has 1 atom stereocenters. The molecule has 0 radical (unpaired) electrons. The molecule has 0 aromatic carbocycles. The average Bonchev–Trinajstić information content (AvgIpc) is 3.49. The largest absolute Gasteiger partial charge is 0.342 e. The van der Waals surface area contributed by atoms with Gasteiger partial charge in [-0.1, -0.05) is 6.07 Å². The zero-order valence-electron chi connectivity index (χ0n) is 17.6. The number of aromatic nitrogens is 2. The van der Waals surface area contributed by atoms with E-state index in [1.54, 1.807) is 6.20 Å². The van der Waals surface area contributed by atoms with Crippen molar-refractivity contribution in [2.24, 2.45) is 5.92 Å². The molecule has 30 heavy (non-hydrogen) atoms. The highest BCUT2D eigenvalue weighted by Crippen LogP contribution is 2.26. The van der Waals surface area contributed by atoms with Crippen molar-refractivity contribution in [3.05, 3.63) is 36.3 Å². The van der Waals surface area contributed by atoms with E-state index in [2.05, 4.69) is 14.8 Å². The molecule has 3 aliphatic heterocycles. The Morgan fingerprint density at radius 1 is 0.900 bits per heavy atom. The Kier molecular flexibility index (Phi) is 5.46. The lowest BCUT2D eigenvalue weighted by Gasteiger charge is -2.42. The molecule has 0 unspecified atom stereocenters. The van der Waals surface area contributed by atoms with Crippen LogP contribution in [0.3, 0.4) is 0 Å². The molecule has 5 rings (SSSR count). The molecule has 2 aromatic heterocycles. The Morgan fingerprint density at radius 2 is 1.70 bits per heavy atom. The van der Waals surface area contributed by atoms with Crippen LogP contribution in [0.25, 0.3) is 5.65 Å². The quantitative estimate of drug-likeness (QED) is 0.780. The van der Waals surface area contributed by atoms with Crippen molar-refractivity contribution >= 4 is 17.5 Å². The van der Waals surface area contributed by atoms with Crippen LogP contribution in [-0.2, 0) is 4.79 Å². The van der Waals surface area contributed by atoms with Gasteiger partial charge < -0.3 is 9.80 Å². The third-order valence-electron chi connectivity index (χ3n) is 7.12. The van der Waals surface area contributed by atoms with Crippen LogP contribution in [0.1, 0.15) is 49.0 Å². The lowest BCUT2D eigenvalue weighted by atomic mass is 9.93. The number of likely N-dealkylation sites (tertiary alicyclic amines) is 3. The van der Waals surface area contributed by atoms with Crippen LogP contribution in [0.15, 0.2) is 30.6 Å². The van der Waals surface area contributed by atoms with E-state index < -0.39 is 0 Å². The second kappa shape index (κ2) is 8.38. The summed E-state index contributed by atoms with van der Waals surface area (Å²) in [6, 6.07) is 6.25. The van der Waals surface area contributed by atoms with Gasteiger partial charge in [-0.3, -0.25) is 18.9 Å². The summed E-state index contributed by atoms with van der Waals surface area (Å²) in [5.74, 6) is 0.597. The monoisotopic (exact) mass is 409 g/mol. The molecule has 5 heterocycles. The Hall–Kier alpha value is -2.41. The highest BCUT2D eigenvalue weighted by Gasteiger charge is 2.35. The highest BCUT2D eigenvalue weighted by molar-refractivity contribution is 5.93. The summed E-state index contributed by atoms with van der Waals surface area (Å²) in [5, 5.41) is 0. The predicted molar refractivity (Wildman–Crippen MR) is 114 cm³/mol. The summed E-state index contributed by atoms with van der Waals surface area (Å²) >= 11 is 0. The second-order valence-electron chi connectivity index (χ2n) is 8.96. The normalized spacial score (nSPS) is 23.9. The molecule has 7 heteroatoms. The Bertz CT molecular complexity index is 911. The number of piperidine rings is 2. The van der Waals surface area contributed by atoms with Gasteiger partial charge in [0.05, 0.1) is 12.1 Å². The van der Waals surface area contributed by atoms with Crippen LogP contribution in [0.4, 0.5) is 0 Å². The molecule has 0 N–H and O–H groups in total. The van der Waals surface area contributed by atoms with Crippen molar-refractivity contribution in [3.63, 3.8) is 0 Å². The van der Waals surface area contributed by atoms with Crippen molar-refractivity contribution in [1.82, 2.24) is 24.1 Å². The van der Waals surface area contributed by atoms with Crippen molar-refractivity contribution in [3.8, 4) is 0 Å². The fourth-order valence-corrected chi connectivity index (χ4v) is 5.42. The maximum absolute atomic E-state index is 13.0. The van der Waals surface area contributed by atoms with E-state index in [-0.39, 0.29) is 11.8 Å². The lowest BCUT2D eigenvalue weighted by Crippen LogP contribution is -2.51. The smallest absolute Gasteiger partial charge is 0.272 e. The first-order valence-corrected chi connectivity index (χ1v) is 11.4. The molecule has 0 bridgehead atoms. The summed E-state index contributed by atoms with van der Waals surface area (Å²) < 4.78 is 1.87. The van der Waals surface area contributed by atoms with Gasteiger partial charge in [0.1, 0.15) is 11.3 Å². The van der Waals surface area contributed by atoms with E-state index >= 15 is 0 Å². The van der Waals surface area contributed by atoms with E-state index in [0.717, 1.165) is 83.4 Å². The Balaban J connectivity index is 1.18. The van der Waals surface area contributed by atoms with E-state index in [1.165, 1.54) is 0 Å². The van der Waals surface area contributed by atoms with Crippen LogP contribution >= 0.6 is 0 Å². The number of fused-ring (bicyclic) bond motifs is 1. The van der Waals surface area contributed by atoms with Crippen molar-refractivity contribution in [1.29, 1.82) is 0 Å². The minimum Gasteiger partial charge on any atom is -0.342 e. The number of imidazole rings is 1. The summed E-state index contributed by atoms with van der Waals surface area (Å²) in [6.45, 7) is 5.39. The Morgan fingerprint density at radius 3 is 2.50 bits per heavy atom. The van der Waals surface area contributed by atoms with Crippen molar-refractivity contribution in [2.75, 3.05) is 39.3 Å². The molecule has 160 valence electrons. The topological polar surface area (TPSA) is 61.2 Å². The highest BCUT2D eigenvalue weighted by atomic mass is 16.2. The summed E-state index contributed by atoms with van der Waals surface area (Å²) in [6.07, 6.45) is 9.97. The molecule has 0 aliphatic carbocycles. The van der Waals surface area contributed by atoms with Gasteiger partial charge in [0.25, 0.3) is 5.91 Å². The second-order valence-corrected chi connectivity index (χ2v) is 8.96. The molecule has 2 amide bonds. The third-order valence-corrected chi connectivity index (χ3v) is 7.12. The minimum absolute atomic E-state index is 0.0629. The number of hydrogen-bond acceptors (Lipinski definition) is 4. The standard InChI is InChI=1S/C23H31N5O2/c29-22(25-10-3-4-11-25)18-6-5-12-27(17-18)19-8-14-26(15-9-19)23(30)20-16-24-21-7-1-2-13-28(20)21/h1-2,7,13,16,18-19H,3-6,8-12,14-15,17H2/t18-/m0/s1. The number of nitrogens with zero attached hydrogens (tertiary/aromatic N) is 5. The number of hydrogen-bond donors (Lipinski definition) is 0. The first kappa shape index (κ1) is 19.5. The molecular weight excluding hydrogens is 378 g/mol. The summed E-state index contributed by atoms with van der Waals surface area (Å²) in [7, 11) is 0. The van der Waals surface area contributed by atoms with Crippen LogP contribution in [0.5, 0.6) is 0 Å². The number of pyridine rings is 1. The molecule has 0 saturated carbocycles. The summed E-state index contributed by atoms with van der Waals surface area (Å²) in [5.41, 5.74) is 1.44. The van der Waals surface area contributed by atoms with E-state index in [1.807, 2.05) is 33.7 Å². The Labute approximate surface area is 177 Å². The maximum atomic E-state index is 13.0. The van der Waals surface area contributed by atoms with Crippen LogP contribution in [0, 0.1) is 5.92 Å². The van der Waals surface area contributed by atoms with E-state index in [9.17, 15) is 9.59 Å². The van der Waals surface area contributed by atoms with Gasteiger partial charge in [0, 0.05) is 45.0 Å². The van der Waals surface area contributed by atoms with Gasteiger partial charge in [0.15, 0.2) is 0 Å². The van der Waals surface area contributed by atoms with Crippen molar-refractivity contribution in [2.45, 2.75) is 44.6 Å². The lowest BCUT2D eigenvalue weighted by molar-refractivity contribution is -0.136. The third kappa shape index (κ3) is 3.71. The fourth-order valence-electron chi connectivity index (χ4n) is 5.42. The number of amides is 2. The summed E-state index contributed by atoms with van der Waals surface area (Å²) in [4.78, 5) is 36.8. The van der Waals surface area contributed by atoms with Gasteiger partial charge in [-0.05, 0) is 57.2 Å². The zero-order valence-corrected chi connectivity index (χ0v) is 17.6. The molecule has 2 aromatic rings.